The molecule has 0 spiro atoms. The van der Waals surface area contributed by atoms with E-state index in [-0.39, 0.29) is 12.5 Å². The number of carbonyl (C=O) groups excluding carboxylic acids is 1. The molecule has 2 heterocycles. The zero-order valence-electron chi connectivity index (χ0n) is 14.4. The lowest BCUT2D eigenvalue weighted by Gasteiger charge is -2.01. The first-order valence-electron chi connectivity index (χ1n) is 8.39. The fourth-order valence-electron chi connectivity index (χ4n) is 2.55. The van der Waals surface area contributed by atoms with Crippen LogP contribution in [0.5, 0.6) is 0 Å². The molecule has 0 aliphatic rings. The van der Waals surface area contributed by atoms with E-state index in [0.717, 1.165) is 11.1 Å². The van der Waals surface area contributed by atoms with Gasteiger partial charge in [0.15, 0.2) is 6.61 Å². The smallest absolute Gasteiger partial charge is 0.341 e. The lowest BCUT2D eigenvalue weighted by Crippen LogP contribution is -2.05. The van der Waals surface area contributed by atoms with E-state index in [1.165, 1.54) is 6.20 Å². The van der Waals surface area contributed by atoms with E-state index in [2.05, 4.69) is 15.3 Å². The third-order valence-corrected chi connectivity index (χ3v) is 3.87. The van der Waals surface area contributed by atoms with E-state index in [9.17, 15) is 4.79 Å². The van der Waals surface area contributed by atoms with Crippen molar-refractivity contribution >= 4 is 5.97 Å². The Bertz CT molecular complexity index is 1030. The molecule has 0 bridgehead atoms. The van der Waals surface area contributed by atoms with Gasteiger partial charge >= 0.3 is 5.97 Å². The van der Waals surface area contributed by atoms with Gasteiger partial charge in [-0.25, -0.2) is 4.79 Å². The van der Waals surface area contributed by atoms with Gasteiger partial charge in [0.1, 0.15) is 0 Å². The van der Waals surface area contributed by atoms with Crippen molar-refractivity contribution in [3.05, 3.63) is 90.1 Å². The molecule has 134 valence electrons. The quantitative estimate of drug-likeness (QED) is 0.491. The van der Waals surface area contributed by atoms with Crippen molar-refractivity contribution in [2.24, 2.45) is 0 Å². The van der Waals surface area contributed by atoms with Crippen LogP contribution in [0.1, 0.15) is 21.8 Å². The highest BCUT2D eigenvalue weighted by Gasteiger charge is 2.14. The van der Waals surface area contributed by atoms with Gasteiger partial charge in [-0.05, 0) is 17.7 Å². The number of hydrogen-bond acceptors (Lipinski definition) is 6. The maximum absolute atomic E-state index is 12.2. The van der Waals surface area contributed by atoms with Gasteiger partial charge in [0, 0.05) is 11.8 Å². The first-order chi connectivity index (χ1) is 13.3. The molecule has 27 heavy (non-hydrogen) atoms. The summed E-state index contributed by atoms with van der Waals surface area (Å²) >= 11 is 0. The maximum Gasteiger partial charge on any atom is 0.341 e. The van der Waals surface area contributed by atoms with Crippen LogP contribution in [-0.2, 0) is 17.9 Å². The average Bonchev–Trinajstić information content (AvgIpc) is 3.37. The van der Waals surface area contributed by atoms with E-state index in [4.69, 9.17) is 9.15 Å². The van der Waals surface area contributed by atoms with Crippen LogP contribution in [0.2, 0.25) is 0 Å². The monoisotopic (exact) mass is 360 g/mol. The minimum Gasteiger partial charge on any atom is -0.452 e. The molecule has 0 amide bonds. The number of ether oxygens (including phenoxy) is 1. The summed E-state index contributed by atoms with van der Waals surface area (Å²) in [6, 6.07) is 19.3. The lowest BCUT2D eigenvalue weighted by atomic mass is 10.2. The van der Waals surface area contributed by atoms with Gasteiger partial charge in [-0.15, -0.1) is 10.2 Å². The van der Waals surface area contributed by atoms with Gasteiger partial charge in [0.25, 0.3) is 5.89 Å². The number of rotatable bonds is 6. The van der Waals surface area contributed by atoms with E-state index >= 15 is 0 Å². The fourth-order valence-corrected chi connectivity index (χ4v) is 2.55. The van der Waals surface area contributed by atoms with Crippen LogP contribution in [0.4, 0.5) is 0 Å². The molecule has 0 atom stereocenters. The molecule has 4 aromatic rings. The molecule has 7 nitrogen and oxygen atoms in total. The van der Waals surface area contributed by atoms with Crippen molar-refractivity contribution in [1.29, 1.82) is 0 Å². The van der Waals surface area contributed by atoms with Gasteiger partial charge in [-0.3, -0.25) is 4.68 Å². The zero-order valence-corrected chi connectivity index (χ0v) is 14.4. The summed E-state index contributed by atoms with van der Waals surface area (Å²) in [5.41, 5.74) is 2.28. The Morgan fingerprint density at radius 3 is 2.52 bits per heavy atom. The van der Waals surface area contributed by atoms with Crippen molar-refractivity contribution < 1.29 is 13.9 Å². The molecule has 0 aliphatic carbocycles. The Balaban J connectivity index is 1.35. The summed E-state index contributed by atoms with van der Waals surface area (Å²) in [5.74, 6) is 0.130. The molecular weight excluding hydrogens is 344 g/mol. The summed E-state index contributed by atoms with van der Waals surface area (Å²) in [7, 11) is 0. The highest BCUT2D eigenvalue weighted by Crippen LogP contribution is 2.17. The average molecular weight is 360 g/mol. The third-order valence-electron chi connectivity index (χ3n) is 3.87. The number of aromatic nitrogens is 4. The van der Waals surface area contributed by atoms with E-state index < -0.39 is 5.97 Å². The second-order valence-corrected chi connectivity index (χ2v) is 5.86. The Labute approximate surface area is 155 Å². The van der Waals surface area contributed by atoms with Crippen molar-refractivity contribution in [2.45, 2.75) is 13.2 Å². The molecule has 2 aromatic carbocycles. The van der Waals surface area contributed by atoms with Gasteiger partial charge in [0.2, 0.25) is 5.89 Å². The topological polar surface area (TPSA) is 83.0 Å². The van der Waals surface area contributed by atoms with Gasteiger partial charge in [-0.2, -0.15) is 5.10 Å². The predicted octanol–water partition coefficient (Wildman–Crippen LogP) is 3.34. The molecule has 7 heteroatoms. The number of hydrogen-bond donors (Lipinski definition) is 0. The van der Waals surface area contributed by atoms with Gasteiger partial charge in [0.05, 0.1) is 18.3 Å². The first kappa shape index (κ1) is 16.7. The molecule has 0 aliphatic heterocycles. The Kier molecular flexibility index (Phi) is 4.74. The highest BCUT2D eigenvalue weighted by molar-refractivity contribution is 5.88. The van der Waals surface area contributed by atoms with E-state index in [1.807, 2.05) is 60.7 Å². The summed E-state index contributed by atoms with van der Waals surface area (Å²) in [4.78, 5) is 12.2. The zero-order chi connectivity index (χ0) is 18.5. The molecule has 0 saturated carbocycles. The first-order valence-corrected chi connectivity index (χ1v) is 8.39. The van der Waals surface area contributed by atoms with Crippen molar-refractivity contribution in [2.75, 3.05) is 0 Å². The Morgan fingerprint density at radius 1 is 1.00 bits per heavy atom. The second-order valence-electron chi connectivity index (χ2n) is 5.86. The van der Waals surface area contributed by atoms with E-state index in [0.29, 0.717) is 18.0 Å². The standard InChI is InChI=1S/C20H16N4O3/c25-20(17-11-21-24(13-17)12-15-7-3-1-4-8-15)26-14-18-22-23-19(27-18)16-9-5-2-6-10-16/h1-11,13H,12,14H2. The van der Waals surface area contributed by atoms with Crippen LogP contribution in [0.15, 0.2) is 77.5 Å². The predicted molar refractivity (Wildman–Crippen MR) is 96.6 cm³/mol. The molecule has 0 unspecified atom stereocenters. The minimum absolute atomic E-state index is 0.0947. The maximum atomic E-state index is 12.2. The van der Waals surface area contributed by atoms with Crippen LogP contribution in [0.25, 0.3) is 11.5 Å². The van der Waals surface area contributed by atoms with Crippen LogP contribution in [-0.4, -0.2) is 25.9 Å². The van der Waals surface area contributed by atoms with Gasteiger partial charge < -0.3 is 9.15 Å². The number of benzene rings is 2. The fraction of sp³-hybridized carbons (Fsp3) is 0.100. The van der Waals surface area contributed by atoms with Crippen LogP contribution in [0, 0.1) is 0 Å². The summed E-state index contributed by atoms with van der Waals surface area (Å²) in [6.45, 7) is 0.487. The minimum atomic E-state index is -0.492. The Hall–Kier alpha value is -3.74. The largest absolute Gasteiger partial charge is 0.452 e. The molecule has 0 radical (unpaired) electrons. The lowest BCUT2D eigenvalue weighted by molar-refractivity contribution is 0.0438. The molecule has 2 aromatic heterocycles. The summed E-state index contributed by atoms with van der Waals surface area (Å²) in [5, 5.41) is 12.1. The molecule has 0 saturated heterocycles. The highest BCUT2D eigenvalue weighted by atomic mass is 16.5. The van der Waals surface area contributed by atoms with Crippen molar-refractivity contribution in [3.8, 4) is 11.5 Å². The number of esters is 1. The Morgan fingerprint density at radius 2 is 1.74 bits per heavy atom. The normalized spacial score (nSPS) is 10.7. The van der Waals surface area contributed by atoms with Crippen molar-refractivity contribution in [1.82, 2.24) is 20.0 Å². The molecule has 0 fully saturated rings. The number of carbonyl (C=O) groups is 1. The van der Waals surface area contributed by atoms with Crippen LogP contribution in [0.3, 0.4) is 0 Å². The van der Waals surface area contributed by atoms with Gasteiger partial charge in [-0.1, -0.05) is 48.5 Å². The van der Waals surface area contributed by atoms with E-state index in [1.54, 1.807) is 10.9 Å². The molecular formula is C20H16N4O3. The summed E-state index contributed by atoms with van der Waals surface area (Å²) < 4.78 is 12.4. The SMILES string of the molecule is O=C(OCc1nnc(-c2ccccc2)o1)c1cnn(Cc2ccccc2)c1. The van der Waals surface area contributed by atoms with Crippen LogP contribution < -0.4 is 0 Å². The molecule has 4 rings (SSSR count). The molecule has 0 N–H and O–H groups in total. The van der Waals surface area contributed by atoms with Crippen molar-refractivity contribution in [3.63, 3.8) is 0 Å². The number of nitrogens with zero attached hydrogens (tertiary/aromatic N) is 4. The second kappa shape index (κ2) is 7.65. The summed E-state index contributed by atoms with van der Waals surface area (Å²) in [6.07, 6.45) is 3.13. The van der Waals surface area contributed by atoms with Crippen LogP contribution >= 0.6 is 0 Å². The third kappa shape index (κ3) is 4.09.